The lowest BCUT2D eigenvalue weighted by molar-refractivity contribution is -0.117. The number of ether oxygens (including phenoxy) is 1. The number of halogens is 1. The molecule has 1 saturated carbocycles. The van der Waals surface area contributed by atoms with E-state index in [0.717, 1.165) is 36.8 Å². The molecule has 3 aromatic rings. The molecular formula is C22H21ClN2O3. The molecule has 1 N–H and O–H groups in total. The second kappa shape index (κ2) is 7.68. The number of rotatable bonds is 5. The van der Waals surface area contributed by atoms with E-state index in [1.165, 1.54) is 0 Å². The van der Waals surface area contributed by atoms with Crippen molar-refractivity contribution in [2.75, 3.05) is 7.11 Å². The molecule has 0 radical (unpaired) electrons. The minimum Gasteiger partial charge on any atom is -0.495 e. The number of hydrogen-bond acceptors (Lipinski definition) is 3. The van der Waals surface area contributed by atoms with Gasteiger partial charge in [0.2, 0.25) is 0 Å². The van der Waals surface area contributed by atoms with Crippen LogP contribution in [0.4, 0.5) is 0 Å². The van der Waals surface area contributed by atoms with E-state index in [2.05, 4.69) is 5.32 Å². The molecule has 0 unspecified atom stereocenters. The van der Waals surface area contributed by atoms with E-state index in [0.29, 0.717) is 22.0 Å². The van der Waals surface area contributed by atoms with Crippen molar-refractivity contribution < 1.29 is 14.3 Å². The van der Waals surface area contributed by atoms with Gasteiger partial charge in [0.1, 0.15) is 11.4 Å². The first kappa shape index (κ1) is 18.6. The normalized spacial score (nSPS) is 14.4. The Kier molecular flexibility index (Phi) is 5.09. The van der Waals surface area contributed by atoms with Crippen molar-refractivity contribution in [1.29, 1.82) is 0 Å². The van der Waals surface area contributed by atoms with Crippen LogP contribution in [0.25, 0.3) is 16.6 Å². The first-order valence-corrected chi connectivity index (χ1v) is 9.75. The van der Waals surface area contributed by atoms with Crippen molar-refractivity contribution in [3.63, 3.8) is 0 Å². The molecule has 1 aromatic carbocycles. The van der Waals surface area contributed by atoms with Crippen molar-refractivity contribution in [3.05, 3.63) is 59.4 Å². The summed E-state index contributed by atoms with van der Waals surface area (Å²) in [6.45, 7) is 0. The van der Waals surface area contributed by atoms with Crippen LogP contribution < -0.4 is 10.1 Å². The number of pyridine rings is 1. The topological polar surface area (TPSA) is 59.8 Å². The van der Waals surface area contributed by atoms with E-state index in [4.69, 9.17) is 16.3 Å². The first-order chi connectivity index (χ1) is 13.6. The molecule has 1 fully saturated rings. The van der Waals surface area contributed by atoms with Gasteiger partial charge in [0.25, 0.3) is 11.7 Å². The zero-order chi connectivity index (χ0) is 19.7. The summed E-state index contributed by atoms with van der Waals surface area (Å²) in [6, 6.07) is 13.0. The van der Waals surface area contributed by atoms with Crippen molar-refractivity contribution in [2.45, 2.75) is 31.7 Å². The number of amides is 1. The number of nitrogens with zero attached hydrogens (tertiary/aromatic N) is 1. The van der Waals surface area contributed by atoms with Crippen molar-refractivity contribution >= 4 is 28.8 Å². The summed E-state index contributed by atoms with van der Waals surface area (Å²) in [5.41, 5.74) is 2.60. The van der Waals surface area contributed by atoms with Crippen LogP contribution in [0.1, 0.15) is 36.2 Å². The number of benzene rings is 1. The third kappa shape index (κ3) is 3.38. The summed E-state index contributed by atoms with van der Waals surface area (Å²) < 4.78 is 6.97. The molecule has 1 amide bonds. The van der Waals surface area contributed by atoms with Gasteiger partial charge in [-0.15, -0.1) is 0 Å². The number of aromatic nitrogens is 1. The number of carbonyl (C=O) groups excluding carboxylic acids is 2. The fraction of sp³-hybridized carbons (Fsp3) is 0.273. The Labute approximate surface area is 168 Å². The third-order valence-electron chi connectivity index (χ3n) is 5.25. The lowest BCUT2D eigenvalue weighted by Gasteiger charge is -2.12. The molecule has 0 spiro atoms. The van der Waals surface area contributed by atoms with Gasteiger partial charge in [0.05, 0.1) is 12.1 Å². The molecule has 144 valence electrons. The number of nitrogens with one attached hydrogen (secondary N) is 1. The van der Waals surface area contributed by atoms with Crippen LogP contribution in [-0.2, 0) is 4.79 Å². The minimum atomic E-state index is -0.559. The van der Waals surface area contributed by atoms with Crippen LogP contribution in [0.3, 0.4) is 0 Å². The first-order valence-electron chi connectivity index (χ1n) is 9.37. The summed E-state index contributed by atoms with van der Waals surface area (Å²) in [6.07, 6.45) is 5.81. The van der Waals surface area contributed by atoms with E-state index in [9.17, 15) is 9.59 Å². The molecule has 5 nitrogen and oxygen atoms in total. The van der Waals surface area contributed by atoms with E-state index < -0.39 is 11.7 Å². The number of carbonyl (C=O) groups is 2. The fourth-order valence-electron chi connectivity index (χ4n) is 3.84. The third-order valence-corrected chi connectivity index (χ3v) is 5.55. The quantitative estimate of drug-likeness (QED) is 0.510. The Morgan fingerprint density at radius 3 is 2.64 bits per heavy atom. The molecule has 4 rings (SSSR count). The van der Waals surface area contributed by atoms with Crippen LogP contribution in [0.5, 0.6) is 5.75 Å². The van der Waals surface area contributed by atoms with Crippen LogP contribution >= 0.6 is 11.6 Å². The zero-order valence-electron chi connectivity index (χ0n) is 15.6. The maximum atomic E-state index is 13.1. The number of Topliss-reactive ketones (excluding diaryl/α,β-unsaturated/α-hetero) is 1. The largest absolute Gasteiger partial charge is 0.495 e. The molecule has 0 atom stereocenters. The summed E-state index contributed by atoms with van der Waals surface area (Å²) in [5.74, 6) is -0.544. The molecule has 28 heavy (non-hydrogen) atoms. The molecule has 1 aliphatic carbocycles. The van der Waals surface area contributed by atoms with E-state index >= 15 is 0 Å². The monoisotopic (exact) mass is 396 g/mol. The number of methoxy groups -OCH3 is 1. The van der Waals surface area contributed by atoms with Crippen molar-refractivity contribution in [3.8, 4) is 16.9 Å². The standard InChI is InChI=1S/C22H21ClN2O3/c1-28-19-10-9-14(12-18(19)23)17-13-16-8-4-5-11-25(16)20(17)21(26)22(27)24-15-6-2-3-7-15/h4-5,8-13,15H,2-3,6-7H2,1H3,(H,24,27). The van der Waals surface area contributed by atoms with Crippen LogP contribution in [-0.4, -0.2) is 29.2 Å². The van der Waals surface area contributed by atoms with Gasteiger partial charge in [-0.25, -0.2) is 0 Å². The van der Waals surface area contributed by atoms with Crippen LogP contribution in [0.2, 0.25) is 5.02 Å². The molecule has 0 saturated heterocycles. The smallest absolute Gasteiger partial charge is 0.294 e. The van der Waals surface area contributed by atoms with Gasteiger partial charge in [-0.3, -0.25) is 9.59 Å². The average molecular weight is 397 g/mol. The second-order valence-corrected chi connectivity index (χ2v) is 7.44. The lowest BCUT2D eigenvalue weighted by Crippen LogP contribution is -2.38. The van der Waals surface area contributed by atoms with Gasteiger partial charge in [0.15, 0.2) is 0 Å². The highest BCUT2D eigenvalue weighted by Crippen LogP contribution is 2.34. The predicted octanol–water partition coefficient (Wildman–Crippen LogP) is 4.51. The highest BCUT2D eigenvalue weighted by Gasteiger charge is 2.27. The Morgan fingerprint density at radius 2 is 1.93 bits per heavy atom. The Morgan fingerprint density at radius 1 is 1.14 bits per heavy atom. The van der Waals surface area contributed by atoms with Crippen LogP contribution in [0, 0.1) is 0 Å². The maximum Gasteiger partial charge on any atom is 0.294 e. The lowest BCUT2D eigenvalue weighted by atomic mass is 10.0. The molecule has 1 aliphatic rings. The van der Waals surface area contributed by atoms with E-state index in [1.807, 2.05) is 30.3 Å². The van der Waals surface area contributed by atoms with Gasteiger partial charge < -0.3 is 14.5 Å². The van der Waals surface area contributed by atoms with E-state index in [-0.39, 0.29) is 6.04 Å². The summed E-state index contributed by atoms with van der Waals surface area (Å²) in [7, 11) is 1.55. The molecule has 0 aliphatic heterocycles. The highest BCUT2D eigenvalue weighted by atomic mass is 35.5. The molecule has 0 bridgehead atoms. The Balaban J connectivity index is 1.78. The van der Waals surface area contributed by atoms with Gasteiger partial charge in [-0.2, -0.15) is 0 Å². The molecule has 6 heteroatoms. The second-order valence-electron chi connectivity index (χ2n) is 7.04. The highest BCUT2D eigenvalue weighted by molar-refractivity contribution is 6.43. The fourth-order valence-corrected chi connectivity index (χ4v) is 4.10. The molecule has 2 heterocycles. The summed E-state index contributed by atoms with van der Waals surface area (Å²) >= 11 is 6.29. The number of hydrogen-bond donors (Lipinski definition) is 1. The van der Waals surface area contributed by atoms with Gasteiger partial charge in [-0.1, -0.05) is 36.6 Å². The van der Waals surface area contributed by atoms with Gasteiger partial charge in [-0.05, 0) is 48.7 Å². The Bertz CT molecular complexity index is 1050. The summed E-state index contributed by atoms with van der Waals surface area (Å²) in [5, 5.41) is 3.34. The van der Waals surface area contributed by atoms with Crippen molar-refractivity contribution in [2.24, 2.45) is 0 Å². The minimum absolute atomic E-state index is 0.0848. The average Bonchev–Trinajstić information content (AvgIpc) is 3.34. The number of fused-ring (bicyclic) bond motifs is 1. The van der Waals surface area contributed by atoms with E-state index in [1.54, 1.807) is 29.8 Å². The predicted molar refractivity (Wildman–Crippen MR) is 109 cm³/mol. The van der Waals surface area contributed by atoms with Crippen molar-refractivity contribution in [1.82, 2.24) is 9.72 Å². The maximum absolute atomic E-state index is 13.1. The number of ketones is 1. The van der Waals surface area contributed by atoms with Gasteiger partial charge >= 0.3 is 0 Å². The Hall–Kier alpha value is -2.79. The molecule has 2 aromatic heterocycles. The zero-order valence-corrected chi connectivity index (χ0v) is 16.3. The van der Waals surface area contributed by atoms with Gasteiger partial charge in [0, 0.05) is 23.3 Å². The molecular weight excluding hydrogens is 376 g/mol. The SMILES string of the molecule is COc1ccc(-c2cc3ccccn3c2C(=O)C(=O)NC2CCCC2)cc1Cl. The van der Waals surface area contributed by atoms with Crippen LogP contribution in [0.15, 0.2) is 48.7 Å². The summed E-state index contributed by atoms with van der Waals surface area (Å²) in [4.78, 5) is 25.8.